The molecule has 16 nitrogen and oxygen atoms in total. The van der Waals surface area contributed by atoms with Gasteiger partial charge in [0, 0.05) is 41.8 Å². The van der Waals surface area contributed by atoms with Crippen molar-refractivity contribution < 1.29 is 43.0 Å². The average Bonchev–Trinajstić information content (AvgIpc) is 4.15. The fraction of sp³-hybridized carbons (Fsp3) is 0.321. The first-order valence-electron chi connectivity index (χ1n) is 23.4. The number of nitrogens with zero attached hydrogens (tertiary/aromatic N) is 3. The topological polar surface area (TPSA) is 190 Å². The maximum absolute atomic E-state index is 14.1. The van der Waals surface area contributed by atoms with Crippen molar-refractivity contribution in [1.82, 2.24) is 25.0 Å². The van der Waals surface area contributed by atoms with Crippen LogP contribution in [-0.4, -0.2) is 96.2 Å². The zero-order valence-corrected chi connectivity index (χ0v) is 38.9. The molecule has 5 aromatic carbocycles. The van der Waals surface area contributed by atoms with Crippen LogP contribution in [0.1, 0.15) is 74.2 Å². The number of amides is 6. The highest BCUT2D eigenvalue weighted by atomic mass is 16.5. The van der Waals surface area contributed by atoms with Crippen molar-refractivity contribution >= 4 is 69.0 Å². The molecule has 0 saturated carbocycles. The summed E-state index contributed by atoms with van der Waals surface area (Å²) in [6.07, 6.45) is 2.55. The summed E-state index contributed by atoms with van der Waals surface area (Å²) in [5.74, 6) is -0.762. The number of carbonyl (C=O) groups excluding carboxylic acids is 6. The summed E-state index contributed by atoms with van der Waals surface area (Å²) < 4.78 is 17.7. The molecule has 2 fully saturated rings. The fourth-order valence-corrected chi connectivity index (χ4v) is 9.24. The maximum Gasteiger partial charge on any atom is 0.407 e. The van der Waals surface area contributed by atoms with Crippen LogP contribution >= 0.6 is 0 Å². The lowest BCUT2D eigenvalue weighted by atomic mass is 10.0. The molecule has 8 rings (SSSR count). The Hall–Kier alpha value is -7.88. The molecule has 2 aliphatic rings. The molecular formula is C53H57N7O9. The van der Waals surface area contributed by atoms with Crippen molar-refractivity contribution in [2.45, 2.75) is 76.2 Å². The molecule has 4 N–H and O–H groups in total. The van der Waals surface area contributed by atoms with Gasteiger partial charge >= 0.3 is 12.2 Å². The molecule has 0 radical (unpaired) electrons. The van der Waals surface area contributed by atoms with Gasteiger partial charge in [0.05, 0.1) is 31.9 Å². The summed E-state index contributed by atoms with van der Waals surface area (Å²) >= 11 is 0. The molecule has 3 heterocycles. The molecule has 0 aliphatic carbocycles. The predicted molar refractivity (Wildman–Crippen MR) is 262 cm³/mol. The fourth-order valence-electron chi connectivity index (χ4n) is 9.24. The van der Waals surface area contributed by atoms with E-state index in [2.05, 4.69) is 32.8 Å². The number of hydrogen-bond acceptors (Lipinski definition) is 9. The van der Waals surface area contributed by atoms with Crippen molar-refractivity contribution in [2.24, 2.45) is 0 Å². The quantitative estimate of drug-likeness (QED) is 0.0696. The van der Waals surface area contributed by atoms with E-state index < -0.39 is 48.2 Å². The molecule has 4 atom stereocenters. The number of fused-ring (bicyclic) bond motifs is 3. The number of nitrogens with one attached hydrogen (secondary N) is 4. The number of ether oxygens (including phenoxy) is 3. The van der Waals surface area contributed by atoms with Gasteiger partial charge in [-0.1, -0.05) is 98.3 Å². The monoisotopic (exact) mass is 935 g/mol. The van der Waals surface area contributed by atoms with Crippen LogP contribution in [0.5, 0.6) is 5.75 Å². The Bertz CT molecular complexity index is 2650. The van der Waals surface area contributed by atoms with E-state index in [1.54, 1.807) is 48.5 Å². The van der Waals surface area contributed by atoms with Crippen LogP contribution in [0, 0.1) is 0 Å². The van der Waals surface area contributed by atoms with E-state index in [-0.39, 0.29) is 11.8 Å². The molecule has 0 bridgehead atoms. The van der Waals surface area contributed by atoms with Crippen LogP contribution in [0.15, 0.2) is 121 Å². The van der Waals surface area contributed by atoms with Crippen molar-refractivity contribution in [3.8, 4) is 5.75 Å². The lowest BCUT2D eigenvalue weighted by Gasteiger charge is -2.28. The summed E-state index contributed by atoms with van der Waals surface area (Å²) in [5.41, 5.74) is 4.81. The first-order chi connectivity index (χ1) is 33.6. The lowest BCUT2D eigenvalue weighted by Crippen LogP contribution is -2.48. The van der Waals surface area contributed by atoms with Gasteiger partial charge < -0.3 is 49.8 Å². The third-order valence-corrected chi connectivity index (χ3v) is 12.8. The van der Waals surface area contributed by atoms with Gasteiger partial charge in [-0.2, -0.15) is 0 Å². The molecule has 2 aliphatic heterocycles. The van der Waals surface area contributed by atoms with Crippen LogP contribution in [0.2, 0.25) is 0 Å². The van der Waals surface area contributed by atoms with E-state index in [9.17, 15) is 28.8 Å². The minimum Gasteiger partial charge on any atom is -0.494 e. The SMILES string of the molecule is CCCCOc1ccc(Cn2c3cc(NC(=O)[C@@H]4CCCN4C(=O)[C@H](NC(=O)OC)c4ccccc4)ccc3c3ccc(NC(=O)[C@@H]4CCCN4C(=O)[C@H](NC(=O)OC)c4ccccc4)cc32)cc1. The smallest absolute Gasteiger partial charge is 0.407 e. The Balaban J connectivity index is 1.07. The average molecular weight is 936 g/mol. The van der Waals surface area contributed by atoms with Crippen molar-refractivity contribution in [3.63, 3.8) is 0 Å². The van der Waals surface area contributed by atoms with Gasteiger partial charge in [0.25, 0.3) is 11.8 Å². The molecule has 69 heavy (non-hydrogen) atoms. The van der Waals surface area contributed by atoms with Gasteiger partial charge in [-0.15, -0.1) is 0 Å². The summed E-state index contributed by atoms with van der Waals surface area (Å²) in [4.78, 5) is 84.2. The van der Waals surface area contributed by atoms with Crippen LogP contribution in [0.3, 0.4) is 0 Å². The van der Waals surface area contributed by atoms with Crippen LogP contribution in [0.4, 0.5) is 21.0 Å². The van der Waals surface area contributed by atoms with E-state index in [0.29, 0.717) is 74.4 Å². The Labute approximate surface area is 400 Å². The highest BCUT2D eigenvalue weighted by Crippen LogP contribution is 2.35. The molecule has 16 heteroatoms. The number of hydrogen-bond donors (Lipinski definition) is 4. The summed E-state index contributed by atoms with van der Waals surface area (Å²) in [5, 5.41) is 13.3. The number of anilines is 2. The molecule has 6 amide bonds. The van der Waals surface area contributed by atoms with Gasteiger partial charge in [-0.25, -0.2) is 9.59 Å². The second-order valence-electron chi connectivity index (χ2n) is 17.2. The van der Waals surface area contributed by atoms with Crippen LogP contribution in [0.25, 0.3) is 21.8 Å². The van der Waals surface area contributed by atoms with Crippen molar-refractivity contribution in [3.05, 3.63) is 138 Å². The zero-order valence-electron chi connectivity index (χ0n) is 38.9. The minimum absolute atomic E-state index is 0.341. The van der Waals surface area contributed by atoms with Gasteiger partial charge in [-0.3, -0.25) is 19.2 Å². The number of rotatable bonds is 16. The summed E-state index contributed by atoms with van der Waals surface area (Å²) in [6, 6.07) is 33.4. The van der Waals surface area contributed by atoms with E-state index in [4.69, 9.17) is 14.2 Å². The van der Waals surface area contributed by atoms with E-state index in [1.165, 1.54) is 24.0 Å². The second kappa shape index (κ2) is 21.8. The number of alkyl carbamates (subject to hydrolysis) is 2. The Morgan fingerprint density at radius 3 is 1.51 bits per heavy atom. The number of unbranched alkanes of at least 4 members (excludes halogenated alkanes) is 1. The molecule has 0 unspecified atom stereocenters. The molecule has 6 aromatic rings. The maximum atomic E-state index is 14.1. The van der Waals surface area contributed by atoms with Gasteiger partial charge in [-0.05, 0) is 85.2 Å². The second-order valence-corrected chi connectivity index (χ2v) is 17.2. The van der Waals surface area contributed by atoms with Gasteiger partial charge in [0.2, 0.25) is 11.8 Å². The third-order valence-electron chi connectivity index (χ3n) is 12.8. The molecule has 1 aromatic heterocycles. The summed E-state index contributed by atoms with van der Waals surface area (Å²) in [6.45, 7) is 3.86. The lowest BCUT2D eigenvalue weighted by molar-refractivity contribution is -0.138. The molecule has 2 saturated heterocycles. The van der Waals surface area contributed by atoms with Gasteiger partial charge in [0.1, 0.15) is 29.9 Å². The summed E-state index contributed by atoms with van der Waals surface area (Å²) in [7, 11) is 2.46. The predicted octanol–water partition coefficient (Wildman–Crippen LogP) is 8.08. The van der Waals surface area contributed by atoms with Crippen LogP contribution in [-0.2, 0) is 35.2 Å². The van der Waals surface area contributed by atoms with E-state index in [1.807, 2.05) is 72.8 Å². The normalized spacial score (nSPS) is 16.4. The highest BCUT2D eigenvalue weighted by Gasteiger charge is 2.40. The number of likely N-dealkylation sites (tertiary alicyclic amines) is 2. The first kappa shape index (κ1) is 47.6. The molecule has 0 spiro atoms. The van der Waals surface area contributed by atoms with Gasteiger partial charge in [0.15, 0.2) is 0 Å². The number of carbonyl (C=O) groups is 6. The molecular weight excluding hydrogens is 879 g/mol. The highest BCUT2D eigenvalue weighted by molar-refractivity contribution is 6.11. The number of aromatic nitrogens is 1. The number of methoxy groups -OCH3 is 2. The largest absolute Gasteiger partial charge is 0.494 e. The zero-order chi connectivity index (χ0) is 48.4. The molecule has 358 valence electrons. The van der Waals surface area contributed by atoms with E-state index in [0.717, 1.165) is 46.0 Å². The minimum atomic E-state index is -1.05. The van der Waals surface area contributed by atoms with Crippen LogP contribution < -0.4 is 26.0 Å². The standard InChI is InChI=1S/C53H57N7O9/c1-4-5-30-69-39-24-20-34(21-25-39)33-60-44-31-37(54-48(61)42-18-12-28-58(42)50(63)46(56-52(65)67-2)35-14-8-6-9-15-35)22-26-40(44)41-27-23-38(32-45(41)60)55-49(62)43-19-13-29-59(43)51(64)47(57-53(66)68-3)36-16-10-7-11-17-36/h6-11,14-17,20-27,31-32,42-43,46-47H,4-5,12-13,18-19,28-30,33H2,1-3H3,(H,54,61)(H,55,62)(H,56,65)(H,57,66)/t42-,43-,46+,47+/m0/s1. The Morgan fingerprint density at radius 1 is 0.609 bits per heavy atom. The Kier molecular flexibility index (Phi) is 15.1. The third kappa shape index (κ3) is 10.8. The van der Waals surface area contributed by atoms with Crippen molar-refractivity contribution in [1.29, 1.82) is 0 Å². The van der Waals surface area contributed by atoms with E-state index >= 15 is 0 Å². The first-order valence-corrected chi connectivity index (χ1v) is 23.4. The van der Waals surface area contributed by atoms with Crippen molar-refractivity contribution in [2.75, 3.05) is 44.5 Å². The Morgan fingerprint density at radius 2 is 1.07 bits per heavy atom. The number of benzene rings is 5.